The third-order valence-electron chi connectivity index (χ3n) is 2.96. The third-order valence-corrected chi connectivity index (χ3v) is 4.12. The summed E-state index contributed by atoms with van der Waals surface area (Å²) in [5.41, 5.74) is 7.55. The van der Waals surface area contributed by atoms with Crippen LogP contribution in [0.1, 0.15) is 24.5 Å². The predicted octanol–water partition coefficient (Wildman–Crippen LogP) is 1.33. The van der Waals surface area contributed by atoms with Gasteiger partial charge < -0.3 is 5.73 Å². The van der Waals surface area contributed by atoms with Crippen molar-refractivity contribution in [1.29, 1.82) is 0 Å². The molecule has 0 spiro atoms. The van der Waals surface area contributed by atoms with Crippen LogP contribution in [0.4, 0.5) is 5.69 Å². The van der Waals surface area contributed by atoms with Gasteiger partial charge >= 0.3 is 0 Å². The molecule has 0 fully saturated rings. The number of sulfonamides is 1. The van der Waals surface area contributed by atoms with Crippen molar-refractivity contribution in [1.82, 2.24) is 0 Å². The van der Waals surface area contributed by atoms with Gasteiger partial charge in [-0.1, -0.05) is 19.1 Å². The minimum absolute atomic E-state index is 0.329. The molecule has 0 bridgehead atoms. The van der Waals surface area contributed by atoms with Crippen molar-refractivity contribution in [2.45, 2.75) is 33.2 Å². The van der Waals surface area contributed by atoms with Crippen molar-refractivity contribution in [3.8, 4) is 0 Å². The molecule has 19 heavy (non-hydrogen) atoms. The Bertz CT molecular complexity index is 582. The smallest absolute Gasteiger partial charge is 0.241 e. The fourth-order valence-electron chi connectivity index (χ4n) is 2.02. The van der Waals surface area contributed by atoms with Crippen LogP contribution in [-0.2, 0) is 14.8 Å². The molecule has 1 amide bonds. The Morgan fingerprint density at radius 2 is 1.95 bits per heavy atom. The third kappa shape index (κ3) is 3.47. The van der Waals surface area contributed by atoms with E-state index in [4.69, 9.17) is 5.73 Å². The van der Waals surface area contributed by atoms with E-state index in [0.29, 0.717) is 12.1 Å². The van der Waals surface area contributed by atoms with Crippen molar-refractivity contribution in [3.63, 3.8) is 0 Å². The fraction of sp³-hybridized carbons (Fsp3) is 0.462. The number of aryl methyl sites for hydroxylation is 2. The highest BCUT2D eigenvalue weighted by Crippen LogP contribution is 2.27. The summed E-state index contributed by atoms with van der Waals surface area (Å²) >= 11 is 0. The second-order valence-electron chi connectivity index (χ2n) is 4.68. The van der Waals surface area contributed by atoms with Crippen molar-refractivity contribution in [3.05, 3.63) is 29.3 Å². The lowest BCUT2D eigenvalue weighted by Crippen LogP contribution is -2.47. The van der Waals surface area contributed by atoms with Gasteiger partial charge in [-0.25, -0.2) is 8.42 Å². The fourth-order valence-corrected chi connectivity index (χ4v) is 3.29. The Morgan fingerprint density at radius 1 is 1.37 bits per heavy atom. The molecule has 2 N–H and O–H groups in total. The van der Waals surface area contributed by atoms with Crippen LogP contribution in [-0.4, -0.2) is 26.6 Å². The van der Waals surface area contributed by atoms with E-state index in [0.717, 1.165) is 21.7 Å². The summed E-state index contributed by atoms with van der Waals surface area (Å²) in [7, 11) is -3.58. The molecule has 0 aliphatic heterocycles. The topological polar surface area (TPSA) is 80.5 Å². The second kappa shape index (κ2) is 5.61. The normalized spacial score (nSPS) is 13.1. The van der Waals surface area contributed by atoms with E-state index in [-0.39, 0.29) is 0 Å². The lowest BCUT2D eigenvalue weighted by molar-refractivity contribution is -0.119. The molecule has 1 aromatic carbocycles. The quantitative estimate of drug-likeness (QED) is 0.885. The Labute approximate surface area is 114 Å². The molecule has 1 atom stereocenters. The van der Waals surface area contributed by atoms with E-state index in [1.54, 1.807) is 19.9 Å². The summed E-state index contributed by atoms with van der Waals surface area (Å²) in [6.07, 6.45) is 1.41. The zero-order chi connectivity index (χ0) is 14.8. The number of hydrogen-bond acceptors (Lipinski definition) is 3. The average molecular weight is 284 g/mol. The van der Waals surface area contributed by atoms with Gasteiger partial charge in [0, 0.05) is 0 Å². The summed E-state index contributed by atoms with van der Waals surface area (Å²) < 4.78 is 25.2. The van der Waals surface area contributed by atoms with Crippen molar-refractivity contribution in [2.75, 3.05) is 10.6 Å². The van der Waals surface area contributed by atoms with Crippen molar-refractivity contribution >= 4 is 21.6 Å². The molecule has 6 heteroatoms. The molecule has 1 aromatic rings. The molecular weight excluding hydrogens is 264 g/mol. The van der Waals surface area contributed by atoms with Gasteiger partial charge in [-0.15, -0.1) is 0 Å². The summed E-state index contributed by atoms with van der Waals surface area (Å²) in [5.74, 6) is -0.645. The minimum atomic E-state index is -3.58. The largest absolute Gasteiger partial charge is 0.368 e. The van der Waals surface area contributed by atoms with Gasteiger partial charge in [0.2, 0.25) is 15.9 Å². The first kappa shape index (κ1) is 15.5. The maximum atomic E-state index is 12.0. The van der Waals surface area contributed by atoms with Crippen LogP contribution in [0.3, 0.4) is 0 Å². The van der Waals surface area contributed by atoms with E-state index in [1.807, 2.05) is 19.1 Å². The first-order valence-corrected chi connectivity index (χ1v) is 7.89. The Balaban J connectivity index is 3.49. The maximum Gasteiger partial charge on any atom is 0.241 e. The van der Waals surface area contributed by atoms with E-state index in [9.17, 15) is 13.2 Å². The lowest BCUT2D eigenvalue weighted by atomic mass is 10.1. The van der Waals surface area contributed by atoms with Crippen LogP contribution in [0.5, 0.6) is 0 Å². The highest BCUT2D eigenvalue weighted by Gasteiger charge is 2.30. The lowest BCUT2D eigenvalue weighted by Gasteiger charge is -2.30. The number of carbonyl (C=O) groups is 1. The van der Waals surface area contributed by atoms with Gasteiger partial charge in [0.1, 0.15) is 6.04 Å². The monoisotopic (exact) mass is 284 g/mol. The summed E-state index contributed by atoms with van der Waals surface area (Å²) in [6.45, 7) is 5.41. The van der Waals surface area contributed by atoms with Gasteiger partial charge in [0.25, 0.3) is 0 Å². The average Bonchev–Trinajstić information content (AvgIpc) is 2.27. The van der Waals surface area contributed by atoms with E-state index in [2.05, 4.69) is 0 Å². The highest BCUT2D eigenvalue weighted by molar-refractivity contribution is 7.92. The zero-order valence-electron chi connectivity index (χ0n) is 11.7. The number of nitrogens with zero attached hydrogens (tertiary/aromatic N) is 1. The Hall–Kier alpha value is -1.56. The van der Waals surface area contributed by atoms with Gasteiger partial charge in [-0.05, 0) is 37.5 Å². The molecule has 1 rings (SSSR count). The molecule has 5 nitrogen and oxygen atoms in total. The Morgan fingerprint density at radius 3 is 2.37 bits per heavy atom. The molecule has 0 aliphatic rings. The highest BCUT2D eigenvalue weighted by atomic mass is 32.2. The molecule has 0 aromatic heterocycles. The molecule has 0 saturated carbocycles. The number of amides is 1. The number of rotatable bonds is 5. The van der Waals surface area contributed by atoms with Crippen LogP contribution < -0.4 is 10.0 Å². The van der Waals surface area contributed by atoms with Crippen LogP contribution in [0.25, 0.3) is 0 Å². The molecule has 0 aliphatic carbocycles. The number of anilines is 1. The molecule has 0 heterocycles. The van der Waals surface area contributed by atoms with Gasteiger partial charge in [0.05, 0.1) is 11.9 Å². The predicted molar refractivity (Wildman–Crippen MR) is 76.5 cm³/mol. The SMILES string of the molecule is CC[C@@H](C(N)=O)N(c1cc(C)ccc1C)S(C)(=O)=O. The molecule has 0 unspecified atom stereocenters. The number of primary amides is 1. The maximum absolute atomic E-state index is 12.0. The first-order chi connectivity index (χ1) is 8.68. The molecular formula is C13H20N2O3S. The van der Waals surface area contributed by atoms with Gasteiger partial charge in [0.15, 0.2) is 0 Å². The number of nitrogens with two attached hydrogens (primary N) is 1. The van der Waals surface area contributed by atoms with E-state index < -0.39 is 22.0 Å². The minimum Gasteiger partial charge on any atom is -0.368 e. The first-order valence-electron chi connectivity index (χ1n) is 6.04. The van der Waals surface area contributed by atoms with E-state index in [1.165, 1.54) is 0 Å². The van der Waals surface area contributed by atoms with E-state index >= 15 is 0 Å². The van der Waals surface area contributed by atoms with Crippen molar-refractivity contribution in [2.24, 2.45) is 5.73 Å². The van der Waals surface area contributed by atoms with Gasteiger partial charge in [-0.3, -0.25) is 9.10 Å². The molecule has 106 valence electrons. The summed E-state index contributed by atoms with van der Waals surface area (Å²) in [4.78, 5) is 11.5. The van der Waals surface area contributed by atoms with Crippen LogP contribution in [0.2, 0.25) is 0 Å². The van der Waals surface area contributed by atoms with Crippen LogP contribution in [0.15, 0.2) is 18.2 Å². The number of hydrogen-bond donors (Lipinski definition) is 1. The number of benzene rings is 1. The summed E-state index contributed by atoms with van der Waals surface area (Å²) in [6, 6.07) is 4.61. The second-order valence-corrected chi connectivity index (χ2v) is 6.53. The Kier molecular flexibility index (Phi) is 4.57. The molecule has 0 saturated heterocycles. The zero-order valence-corrected chi connectivity index (χ0v) is 12.5. The van der Waals surface area contributed by atoms with Crippen LogP contribution >= 0.6 is 0 Å². The van der Waals surface area contributed by atoms with Gasteiger partial charge in [-0.2, -0.15) is 0 Å². The summed E-state index contributed by atoms with van der Waals surface area (Å²) in [5, 5.41) is 0. The standard InChI is InChI=1S/C13H20N2O3S/c1-5-11(13(14)16)15(19(4,17)18)12-8-9(2)6-7-10(12)3/h6-8,11H,5H2,1-4H3,(H2,14,16)/t11-/m0/s1. The van der Waals surface area contributed by atoms with Crippen LogP contribution in [0, 0.1) is 13.8 Å². The number of carbonyl (C=O) groups excluding carboxylic acids is 1. The molecule has 0 radical (unpaired) electrons. The van der Waals surface area contributed by atoms with Crippen molar-refractivity contribution < 1.29 is 13.2 Å².